The standard InChI is InChI=1S/C21H28N4O2S.HI/c1-2-22-21(23-15-14-17-6-4-3-5-7-17)24-16-18-8-12-20(13-9-18)28(26,27)25-19-10-11-19;/h3-9,12-13,19,25H,2,10-11,14-16H2,1H3,(H2,22,23,24);1H. The first-order valence-corrected chi connectivity index (χ1v) is 11.2. The van der Waals surface area contributed by atoms with E-state index in [4.69, 9.17) is 0 Å². The average molecular weight is 528 g/mol. The second-order valence-electron chi connectivity index (χ2n) is 6.90. The molecule has 3 rings (SSSR count). The molecular weight excluding hydrogens is 499 g/mol. The molecule has 2 aromatic carbocycles. The summed E-state index contributed by atoms with van der Waals surface area (Å²) < 4.78 is 27.1. The number of guanidine groups is 1. The van der Waals surface area contributed by atoms with E-state index in [0.717, 1.165) is 43.9 Å². The highest BCUT2D eigenvalue weighted by atomic mass is 127. The summed E-state index contributed by atoms with van der Waals surface area (Å²) in [7, 11) is -3.40. The van der Waals surface area contributed by atoms with E-state index in [-0.39, 0.29) is 30.0 Å². The molecule has 8 heteroatoms. The molecule has 0 heterocycles. The fourth-order valence-electron chi connectivity index (χ4n) is 2.74. The number of aliphatic imine (C=N–C) groups is 1. The van der Waals surface area contributed by atoms with Gasteiger partial charge >= 0.3 is 0 Å². The summed E-state index contributed by atoms with van der Waals surface area (Å²) in [4.78, 5) is 4.90. The number of halogens is 1. The SMILES string of the molecule is CCNC(=NCc1ccc(S(=O)(=O)NC2CC2)cc1)NCCc1ccccc1.I. The van der Waals surface area contributed by atoms with E-state index in [2.05, 4.69) is 32.5 Å². The Morgan fingerprint density at radius 2 is 1.69 bits per heavy atom. The molecule has 0 amide bonds. The predicted octanol–water partition coefficient (Wildman–Crippen LogP) is 3.04. The smallest absolute Gasteiger partial charge is 0.240 e. The Bertz CT molecular complexity index is 883. The highest BCUT2D eigenvalue weighted by Crippen LogP contribution is 2.22. The van der Waals surface area contributed by atoms with Crippen LogP contribution in [0.25, 0.3) is 0 Å². The summed E-state index contributed by atoms with van der Waals surface area (Å²) in [5, 5.41) is 6.57. The van der Waals surface area contributed by atoms with Crippen LogP contribution in [0.4, 0.5) is 0 Å². The third-order valence-electron chi connectivity index (χ3n) is 4.45. The zero-order chi connectivity index (χ0) is 19.8. The van der Waals surface area contributed by atoms with Crippen molar-refractivity contribution < 1.29 is 8.42 Å². The van der Waals surface area contributed by atoms with Crippen LogP contribution in [-0.2, 0) is 23.0 Å². The average Bonchev–Trinajstić information content (AvgIpc) is 3.50. The molecular formula is C21H29IN4O2S. The Labute approximate surface area is 190 Å². The maximum absolute atomic E-state index is 12.2. The quantitative estimate of drug-likeness (QED) is 0.266. The second-order valence-corrected chi connectivity index (χ2v) is 8.61. The van der Waals surface area contributed by atoms with Gasteiger partial charge < -0.3 is 10.6 Å². The van der Waals surface area contributed by atoms with Crippen LogP contribution in [0, 0.1) is 0 Å². The van der Waals surface area contributed by atoms with Crippen molar-refractivity contribution in [1.82, 2.24) is 15.4 Å². The minimum atomic E-state index is -3.40. The van der Waals surface area contributed by atoms with Gasteiger partial charge in [0.2, 0.25) is 10.0 Å². The lowest BCUT2D eigenvalue weighted by molar-refractivity contribution is 0.581. The minimum absolute atomic E-state index is 0. The van der Waals surface area contributed by atoms with Gasteiger partial charge in [0.1, 0.15) is 0 Å². The zero-order valence-electron chi connectivity index (χ0n) is 16.6. The first-order chi connectivity index (χ1) is 13.6. The highest BCUT2D eigenvalue weighted by molar-refractivity contribution is 14.0. The summed E-state index contributed by atoms with van der Waals surface area (Å²) in [6.45, 7) is 4.08. The van der Waals surface area contributed by atoms with E-state index in [1.54, 1.807) is 12.1 Å². The van der Waals surface area contributed by atoms with Crippen molar-refractivity contribution in [3.63, 3.8) is 0 Å². The van der Waals surface area contributed by atoms with Gasteiger partial charge in [-0.05, 0) is 49.4 Å². The van der Waals surface area contributed by atoms with Crippen molar-refractivity contribution in [1.29, 1.82) is 0 Å². The molecule has 2 aromatic rings. The maximum atomic E-state index is 12.2. The van der Waals surface area contributed by atoms with Crippen molar-refractivity contribution >= 4 is 40.0 Å². The van der Waals surface area contributed by atoms with E-state index in [1.165, 1.54) is 5.56 Å². The van der Waals surface area contributed by atoms with Gasteiger partial charge in [0.25, 0.3) is 0 Å². The Morgan fingerprint density at radius 1 is 1.00 bits per heavy atom. The van der Waals surface area contributed by atoms with Crippen LogP contribution in [0.1, 0.15) is 30.9 Å². The largest absolute Gasteiger partial charge is 0.357 e. The summed E-state index contributed by atoms with van der Waals surface area (Å²) in [5.41, 5.74) is 2.24. The van der Waals surface area contributed by atoms with Crippen molar-refractivity contribution in [2.45, 2.75) is 43.7 Å². The Kier molecular flexibility index (Phi) is 9.38. The lowest BCUT2D eigenvalue weighted by atomic mass is 10.1. The first kappa shape index (κ1) is 23.6. The third kappa shape index (κ3) is 7.94. The van der Waals surface area contributed by atoms with Gasteiger partial charge in [-0.25, -0.2) is 18.1 Å². The normalized spacial score (nSPS) is 14.2. The molecule has 0 spiro atoms. The Hall–Kier alpha value is -1.65. The van der Waals surface area contributed by atoms with E-state index < -0.39 is 10.0 Å². The van der Waals surface area contributed by atoms with Gasteiger partial charge in [0.05, 0.1) is 11.4 Å². The first-order valence-electron chi connectivity index (χ1n) is 9.74. The maximum Gasteiger partial charge on any atom is 0.240 e. The van der Waals surface area contributed by atoms with Crippen LogP contribution in [-0.4, -0.2) is 33.5 Å². The molecule has 0 atom stereocenters. The molecule has 0 aromatic heterocycles. The lowest BCUT2D eigenvalue weighted by Gasteiger charge is -2.11. The van der Waals surface area contributed by atoms with Gasteiger partial charge in [-0.15, -0.1) is 24.0 Å². The molecule has 0 bridgehead atoms. The third-order valence-corrected chi connectivity index (χ3v) is 5.98. The topological polar surface area (TPSA) is 82.6 Å². The number of nitrogens with zero attached hydrogens (tertiary/aromatic N) is 1. The molecule has 1 saturated carbocycles. The van der Waals surface area contributed by atoms with Crippen LogP contribution in [0.2, 0.25) is 0 Å². The van der Waals surface area contributed by atoms with Crippen molar-refractivity contribution in [3.05, 3.63) is 65.7 Å². The zero-order valence-corrected chi connectivity index (χ0v) is 19.7. The van der Waals surface area contributed by atoms with Gasteiger partial charge in [0, 0.05) is 19.1 Å². The lowest BCUT2D eigenvalue weighted by Crippen LogP contribution is -2.38. The fraction of sp³-hybridized carbons (Fsp3) is 0.381. The van der Waals surface area contributed by atoms with Gasteiger partial charge in [0.15, 0.2) is 5.96 Å². The van der Waals surface area contributed by atoms with E-state index >= 15 is 0 Å². The summed E-state index contributed by atoms with van der Waals surface area (Å²) in [6, 6.07) is 17.4. The van der Waals surface area contributed by atoms with Crippen molar-refractivity contribution in [2.24, 2.45) is 4.99 Å². The molecule has 0 aliphatic heterocycles. The number of rotatable bonds is 9. The molecule has 0 radical (unpaired) electrons. The van der Waals surface area contributed by atoms with E-state index in [0.29, 0.717) is 11.4 Å². The van der Waals surface area contributed by atoms with Crippen LogP contribution in [0.3, 0.4) is 0 Å². The number of benzene rings is 2. The molecule has 29 heavy (non-hydrogen) atoms. The predicted molar refractivity (Wildman–Crippen MR) is 128 cm³/mol. The molecule has 158 valence electrons. The van der Waals surface area contributed by atoms with Crippen LogP contribution >= 0.6 is 24.0 Å². The van der Waals surface area contributed by atoms with Crippen LogP contribution in [0.15, 0.2) is 64.5 Å². The highest BCUT2D eigenvalue weighted by Gasteiger charge is 2.27. The summed E-state index contributed by atoms with van der Waals surface area (Å²) in [6.07, 6.45) is 2.78. The Balaban J connectivity index is 0.00000300. The molecule has 1 fully saturated rings. The molecule has 3 N–H and O–H groups in total. The van der Waals surface area contributed by atoms with E-state index in [9.17, 15) is 8.42 Å². The fourth-order valence-corrected chi connectivity index (χ4v) is 4.05. The second kappa shape index (κ2) is 11.5. The van der Waals surface area contributed by atoms with Crippen LogP contribution in [0.5, 0.6) is 0 Å². The van der Waals surface area contributed by atoms with Crippen molar-refractivity contribution in [3.8, 4) is 0 Å². The Morgan fingerprint density at radius 3 is 2.31 bits per heavy atom. The number of hydrogen-bond donors (Lipinski definition) is 3. The molecule has 1 aliphatic carbocycles. The number of nitrogens with one attached hydrogen (secondary N) is 3. The molecule has 6 nitrogen and oxygen atoms in total. The van der Waals surface area contributed by atoms with Crippen LogP contribution < -0.4 is 15.4 Å². The molecule has 0 saturated heterocycles. The number of hydrogen-bond acceptors (Lipinski definition) is 3. The molecule has 1 aliphatic rings. The van der Waals surface area contributed by atoms with Gasteiger partial charge in [-0.3, -0.25) is 0 Å². The summed E-state index contributed by atoms with van der Waals surface area (Å²) >= 11 is 0. The van der Waals surface area contributed by atoms with Gasteiger partial charge in [-0.2, -0.15) is 0 Å². The number of sulfonamides is 1. The van der Waals surface area contributed by atoms with E-state index in [1.807, 2.05) is 37.3 Å². The van der Waals surface area contributed by atoms with Gasteiger partial charge in [-0.1, -0.05) is 42.5 Å². The monoisotopic (exact) mass is 528 g/mol. The molecule has 0 unspecified atom stereocenters. The minimum Gasteiger partial charge on any atom is -0.357 e. The van der Waals surface area contributed by atoms with Crippen molar-refractivity contribution in [2.75, 3.05) is 13.1 Å². The summed E-state index contributed by atoms with van der Waals surface area (Å²) in [5.74, 6) is 0.755.